The molecule has 2 rings (SSSR count). The number of rotatable bonds is 2. The van der Waals surface area contributed by atoms with Crippen molar-refractivity contribution in [3.63, 3.8) is 0 Å². The summed E-state index contributed by atoms with van der Waals surface area (Å²) in [5.41, 5.74) is -0.840. The number of sulfonamides is 1. The van der Waals surface area contributed by atoms with Crippen LogP contribution in [0.15, 0.2) is 47.4 Å². The fourth-order valence-corrected chi connectivity index (χ4v) is 2.82. The molecule has 0 aromatic heterocycles. The van der Waals surface area contributed by atoms with Crippen LogP contribution in [-0.4, -0.2) is 24.5 Å². The molecule has 0 aliphatic rings. The number of hydrazine groups is 1. The lowest BCUT2D eigenvalue weighted by Crippen LogP contribution is -2.45. The highest BCUT2D eigenvalue weighted by Gasteiger charge is 2.30. The van der Waals surface area contributed by atoms with E-state index in [9.17, 15) is 13.2 Å². The Hall–Kier alpha value is -2.12. The number of fused-ring (bicyclic) bond motifs is 1. The van der Waals surface area contributed by atoms with Crippen LogP contribution in [0.1, 0.15) is 20.8 Å². The van der Waals surface area contributed by atoms with E-state index in [-0.39, 0.29) is 9.31 Å². The molecule has 0 aliphatic heterocycles. The van der Waals surface area contributed by atoms with Crippen molar-refractivity contribution in [1.82, 2.24) is 4.41 Å². The summed E-state index contributed by atoms with van der Waals surface area (Å²) in [6.45, 7) is 4.88. The number of hydrogen-bond acceptors (Lipinski definition) is 5. The van der Waals surface area contributed by atoms with Gasteiger partial charge in [0.25, 0.3) is 10.0 Å². The maximum atomic E-state index is 12.4. The second-order valence-electron chi connectivity index (χ2n) is 5.79. The molecule has 0 aliphatic carbocycles. The second-order valence-corrected chi connectivity index (χ2v) is 7.61. The fraction of sp³-hybridized carbons (Fsp3) is 0.267. The molecule has 2 aromatic rings. The lowest BCUT2D eigenvalue weighted by Gasteiger charge is -2.23. The van der Waals surface area contributed by atoms with Crippen molar-refractivity contribution in [3.05, 3.63) is 42.5 Å². The van der Waals surface area contributed by atoms with Gasteiger partial charge in [0.2, 0.25) is 0 Å². The minimum Gasteiger partial charge on any atom is -0.442 e. The highest BCUT2D eigenvalue weighted by Crippen LogP contribution is 2.21. The van der Waals surface area contributed by atoms with E-state index in [1.54, 1.807) is 39.0 Å². The average molecular weight is 322 g/mol. The lowest BCUT2D eigenvalue weighted by atomic mass is 10.1. The number of amides is 1. The summed E-state index contributed by atoms with van der Waals surface area (Å²) in [5.74, 6) is 5.45. The Morgan fingerprint density at radius 1 is 1.09 bits per heavy atom. The summed E-state index contributed by atoms with van der Waals surface area (Å²) >= 11 is 0. The number of carbonyl (C=O) groups excluding carboxylic acids is 1. The van der Waals surface area contributed by atoms with Crippen molar-refractivity contribution < 1.29 is 17.9 Å². The first-order chi connectivity index (χ1) is 10.1. The number of ether oxygens (including phenoxy) is 1. The first-order valence-corrected chi connectivity index (χ1v) is 8.07. The topological polar surface area (TPSA) is 89.7 Å². The van der Waals surface area contributed by atoms with Crippen molar-refractivity contribution >= 4 is 26.9 Å². The highest BCUT2D eigenvalue weighted by atomic mass is 32.2. The molecule has 1 amide bonds. The van der Waals surface area contributed by atoms with Gasteiger partial charge in [-0.15, -0.1) is 4.41 Å². The average Bonchev–Trinajstić information content (AvgIpc) is 2.44. The van der Waals surface area contributed by atoms with Gasteiger partial charge in [0.05, 0.1) is 4.90 Å². The quantitative estimate of drug-likeness (QED) is 0.521. The van der Waals surface area contributed by atoms with Gasteiger partial charge in [-0.05, 0) is 43.7 Å². The zero-order valence-electron chi connectivity index (χ0n) is 12.6. The molecule has 0 spiro atoms. The van der Waals surface area contributed by atoms with Crippen LogP contribution < -0.4 is 5.84 Å². The summed E-state index contributed by atoms with van der Waals surface area (Å²) in [6.07, 6.45) is -1.12. The molecule has 0 radical (unpaired) electrons. The van der Waals surface area contributed by atoms with Gasteiger partial charge in [0.15, 0.2) is 0 Å². The van der Waals surface area contributed by atoms with Gasteiger partial charge >= 0.3 is 6.09 Å². The molecule has 7 heteroatoms. The minimum absolute atomic E-state index is 0.0699. The Morgan fingerprint density at radius 2 is 1.68 bits per heavy atom. The third-order valence-corrected chi connectivity index (χ3v) is 4.37. The van der Waals surface area contributed by atoms with Crippen LogP contribution in [0.4, 0.5) is 4.79 Å². The van der Waals surface area contributed by atoms with E-state index in [2.05, 4.69) is 0 Å². The Kier molecular flexibility index (Phi) is 4.12. The van der Waals surface area contributed by atoms with Gasteiger partial charge in [0, 0.05) is 0 Å². The molecule has 2 N–H and O–H groups in total. The standard InChI is InChI=1S/C15H18N2O4S/c1-15(2,3)21-14(18)17(16)22(19,20)13-9-8-11-6-4-5-7-12(11)10-13/h4-10H,16H2,1-3H3. The lowest BCUT2D eigenvalue weighted by molar-refractivity contribution is 0.0390. The Balaban J connectivity index is 2.37. The normalized spacial score (nSPS) is 12.2. The third-order valence-electron chi connectivity index (χ3n) is 2.85. The van der Waals surface area contributed by atoms with Gasteiger partial charge in [-0.1, -0.05) is 30.3 Å². The largest absolute Gasteiger partial charge is 0.442 e. The first kappa shape index (κ1) is 16.3. The van der Waals surface area contributed by atoms with Crippen LogP contribution in [0.3, 0.4) is 0 Å². The van der Waals surface area contributed by atoms with Crippen LogP contribution >= 0.6 is 0 Å². The summed E-state index contributed by atoms with van der Waals surface area (Å²) in [5, 5.41) is 1.63. The molecular weight excluding hydrogens is 304 g/mol. The van der Waals surface area contributed by atoms with E-state index < -0.39 is 21.7 Å². The number of nitrogens with two attached hydrogens (primary N) is 1. The van der Waals surface area contributed by atoms with Crippen LogP contribution in [0.5, 0.6) is 0 Å². The van der Waals surface area contributed by atoms with E-state index in [1.165, 1.54) is 12.1 Å². The van der Waals surface area contributed by atoms with Crippen molar-refractivity contribution in [2.45, 2.75) is 31.3 Å². The molecule has 0 unspecified atom stereocenters. The van der Waals surface area contributed by atoms with Crippen molar-refractivity contribution in [1.29, 1.82) is 0 Å². The molecule has 0 atom stereocenters. The SMILES string of the molecule is CC(C)(C)OC(=O)N(N)S(=O)(=O)c1ccc2ccccc2c1. The van der Waals surface area contributed by atoms with E-state index >= 15 is 0 Å². The zero-order chi connectivity index (χ0) is 16.5. The smallest absolute Gasteiger partial charge is 0.439 e. The zero-order valence-corrected chi connectivity index (χ0v) is 13.4. The van der Waals surface area contributed by atoms with Gasteiger partial charge in [-0.25, -0.2) is 10.6 Å². The summed E-state index contributed by atoms with van der Waals surface area (Å²) in [4.78, 5) is 11.8. The Morgan fingerprint density at radius 3 is 2.27 bits per heavy atom. The number of hydrogen-bond donors (Lipinski definition) is 1. The second kappa shape index (κ2) is 5.58. The van der Waals surface area contributed by atoms with Crippen LogP contribution in [0.25, 0.3) is 10.8 Å². The van der Waals surface area contributed by atoms with Gasteiger partial charge in [0.1, 0.15) is 5.60 Å². The van der Waals surface area contributed by atoms with Gasteiger partial charge < -0.3 is 4.74 Å². The van der Waals surface area contributed by atoms with E-state index in [0.717, 1.165) is 10.8 Å². The van der Waals surface area contributed by atoms with E-state index in [4.69, 9.17) is 10.6 Å². The maximum absolute atomic E-state index is 12.4. The molecule has 118 valence electrons. The summed E-state index contributed by atoms with van der Waals surface area (Å²) < 4.78 is 29.9. The Labute approximate surface area is 129 Å². The van der Waals surface area contributed by atoms with Crippen LogP contribution in [0, 0.1) is 0 Å². The molecule has 0 saturated carbocycles. The van der Waals surface area contributed by atoms with Crippen LogP contribution in [-0.2, 0) is 14.8 Å². The molecule has 0 fully saturated rings. The maximum Gasteiger partial charge on any atom is 0.439 e. The molecule has 0 heterocycles. The van der Waals surface area contributed by atoms with Crippen molar-refractivity contribution in [2.24, 2.45) is 5.84 Å². The molecule has 6 nitrogen and oxygen atoms in total. The molecule has 0 bridgehead atoms. The molecule has 0 saturated heterocycles. The van der Waals surface area contributed by atoms with Crippen molar-refractivity contribution in [2.75, 3.05) is 0 Å². The van der Waals surface area contributed by atoms with Gasteiger partial charge in [-0.3, -0.25) is 0 Å². The highest BCUT2D eigenvalue weighted by molar-refractivity contribution is 7.89. The fourth-order valence-electron chi connectivity index (χ4n) is 1.85. The minimum atomic E-state index is -4.17. The molecule has 22 heavy (non-hydrogen) atoms. The number of carbonyl (C=O) groups is 1. The third kappa shape index (κ3) is 3.37. The van der Waals surface area contributed by atoms with Crippen molar-refractivity contribution in [3.8, 4) is 0 Å². The molecule has 2 aromatic carbocycles. The predicted octanol–water partition coefficient (Wildman–Crippen LogP) is 2.64. The summed E-state index contributed by atoms with van der Waals surface area (Å²) in [7, 11) is -4.17. The molecular formula is C15H18N2O4S. The van der Waals surface area contributed by atoms with E-state index in [0.29, 0.717) is 0 Å². The number of nitrogens with zero attached hydrogens (tertiary/aromatic N) is 1. The van der Waals surface area contributed by atoms with Gasteiger partial charge in [-0.2, -0.15) is 8.42 Å². The Bertz CT molecular complexity index is 810. The monoisotopic (exact) mass is 322 g/mol. The van der Waals surface area contributed by atoms with Crippen LogP contribution in [0.2, 0.25) is 0 Å². The number of benzene rings is 2. The first-order valence-electron chi connectivity index (χ1n) is 6.63. The summed E-state index contributed by atoms with van der Waals surface area (Å²) in [6, 6.07) is 11.8. The van der Waals surface area contributed by atoms with E-state index in [1.807, 2.05) is 12.1 Å². The predicted molar refractivity (Wildman–Crippen MR) is 83.4 cm³/mol.